The number of phosphoric ester groups is 1. The third kappa shape index (κ3) is 3.47. The molecule has 0 spiro atoms. The van der Waals surface area contributed by atoms with Gasteiger partial charge >= 0.3 is 7.82 Å². The van der Waals surface area contributed by atoms with Crippen LogP contribution in [0.15, 0.2) is 18.2 Å². The quantitative estimate of drug-likeness (QED) is 0.679. The van der Waals surface area contributed by atoms with Gasteiger partial charge in [0.1, 0.15) is 5.75 Å². The predicted molar refractivity (Wildman–Crippen MR) is 58.8 cm³/mol. The van der Waals surface area contributed by atoms with Crippen LogP contribution in [-0.2, 0) is 8.64 Å². The maximum Gasteiger partial charge on any atom is 0.544 e. The van der Waals surface area contributed by atoms with Crippen molar-refractivity contribution in [2.45, 2.75) is 6.92 Å². The highest BCUT2D eigenvalue weighted by atomic mass is 35.5. The van der Waals surface area contributed by atoms with Crippen LogP contribution in [0.25, 0.3) is 0 Å². The lowest BCUT2D eigenvalue weighted by Gasteiger charge is -2.10. The minimum Gasteiger partial charge on any atom is -0.402 e. The van der Waals surface area contributed by atoms with Gasteiger partial charge in [-0.1, -0.05) is 11.6 Å². The van der Waals surface area contributed by atoms with Gasteiger partial charge < -0.3 is 4.52 Å². The number of halogens is 2. The summed E-state index contributed by atoms with van der Waals surface area (Å²) in [5, 5.41) is 0.00990. The van der Waals surface area contributed by atoms with Crippen LogP contribution < -0.4 is 4.52 Å². The molecule has 0 radical (unpaired) electrons. The lowest BCUT2D eigenvalue weighted by Crippen LogP contribution is -1.95. The summed E-state index contributed by atoms with van der Waals surface area (Å²) in [4.78, 5) is 19.9. The summed E-state index contributed by atoms with van der Waals surface area (Å²) in [6.07, 6.45) is 0. The van der Waals surface area contributed by atoms with Crippen LogP contribution in [0.4, 0.5) is 0 Å². The number of phosphoric acid groups is 1. The van der Waals surface area contributed by atoms with Crippen molar-refractivity contribution in [2.75, 3.05) is 0 Å². The molecule has 5 nitrogen and oxygen atoms in total. The molecule has 1 atom stereocenters. The third-order valence-electron chi connectivity index (χ3n) is 1.64. The van der Waals surface area contributed by atoms with E-state index < -0.39 is 7.82 Å². The van der Waals surface area contributed by atoms with Gasteiger partial charge in [-0.3, -0.25) is 9.69 Å². The van der Waals surface area contributed by atoms with Gasteiger partial charge in [0.15, 0.2) is 5.78 Å². The van der Waals surface area contributed by atoms with Gasteiger partial charge in [-0.15, -0.1) is 0 Å². The van der Waals surface area contributed by atoms with Gasteiger partial charge in [0, 0.05) is 5.56 Å². The van der Waals surface area contributed by atoms with E-state index in [2.05, 4.69) is 8.60 Å². The fourth-order valence-corrected chi connectivity index (χ4v) is 1.73. The van der Waals surface area contributed by atoms with Crippen LogP contribution in [0.3, 0.4) is 0 Å². The summed E-state index contributed by atoms with van der Waals surface area (Å²) in [7, 11) is -4.37. The van der Waals surface area contributed by atoms with Crippen molar-refractivity contribution in [3.63, 3.8) is 0 Å². The molecule has 1 aromatic rings. The normalized spacial score (nSPS) is 14.2. The van der Waals surface area contributed by atoms with Gasteiger partial charge in [0.05, 0.1) is 16.9 Å². The first-order chi connectivity index (χ1) is 7.35. The zero-order valence-corrected chi connectivity index (χ0v) is 10.4. The molecular weight excluding hydrogens is 278 g/mol. The van der Waals surface area contributed by atoms with Crippen LogP contribution in [0.5, 0.6) is 5.75 Å². The number of benzene rings is 1. The SMILES string of the molecule is CC(=O)c1ccc(OP(=O)(O)OCl)c(Cl)c1. The van der Waals surface area contributed by atoms with E-state index in [1.54, 1.807) is 0 Å². The van der Waals surface area contributed by atoms with E-state index in [9.17, 15) is 9.36 Å². The first kappa shape index (κ1) is 13.5. The van der Waals surface area contributed by atoms with E-state index in [4.69, 9.17) is 28.4 Å². The molecule has 1 N–H and O–H groups in total. The van der Waals surface area contributed by atoms with Crippen molar-refractivity contribution >= 4 is 37.1 Å². The summed E-state index contributed by atoms with van der Waals surface area (Å²) >= 11 is 10.5. The summed E-state index contributed by atoms with van der Waals surface area (Å²) in [6, 6.07) is 3.99. The number of rotatable bonds is 4. The fourth-order valence-electron chi connectivity index (χ4n) is 0.932. The van der Waals surface area contributed by atoms with E-state index in [-0.39, 0.29) is 16.6 Å². The largest absolute Gasteiger partial charge is 0.544 e. The molecule has 0 aliphatic carbocycles. The number of hydrogen-bond donors (Lipinski definition) is 1. The second-order valence-corrected chi connectivity index (χ2v) is 4.91. The molecule has 1 aromatic carbocycles. The van der Waals surface area contributed by atoms with Crippen molar-refractivity contribution in [2.24, 2.45) is 0 Å². The number of ketones is 1. The maximum absolute atomic E-state index is 11.0. The predicted octanol–water partition coefficient (Wildman–Crippen LogP) is 3.19. The lowest BCUT2D eigenvalue weighted by atomic mass is 10.1. The molecule has 0 heterocycles. The topological polar surface area (TPSA) is 72.8 Å². The van der Waals surface area contributed by atoms with Crippen LogP contribution >= 0.6 is 31.3 Å². The summed E-state index contributed by atoms with van der Waals surface area (Å²) < 4.78 is 19.2. The Bertz CT molecular complexity index is 462. The molecule has 0 bridgehead atoms. The molecule has 88 valence electrons. The Morgan fingerprint density at radius 1 is 1.50 bits per heavy atom. The summed E-state index contributed by atoms with van der Waals surface area (Å²) in [5.41, 5.74) is 0.358. The van der Waals surface area contributed by atoms with Gasteiger partial charge in [0.25, 0.3) is 0 Å². The molecule has 0 amide bonds. The average molecular weight is 285 g/mol. The molecular formula is C8H7Cl2O5P. The molecule has 0 fully saturated rings. The van der Waals surface area contributed by atoms with Crippen LogP contribution in [0, 0.1) is 0 Å². The van der Waals surface area contributed by atoms with Gasteiger partial charge in [-0.05, 0) is 25.1 Å². The van der Waals surface area contributed by atoms with E-state index >= 15 is 0 Å². The van der Waals surface area contributed by atoms with E-state index in [0.29, 0.717) is 5.56 Å². The molecule has 0 saturated heterocycles. The Kier molecular flexibility index (Phi) is 4.35. The van der Waals surface area contributed by atoms with E-state index in [1.807, 2.05) is 0 Å². The zero-order valence-electron chi connectivity index (χ0n) is 8.02. The third-order valence-corrected chi connectivity index (χ3v) is 3.06. The smallest absolute Gasteiger partial charge is 0.402 e. The van der Waals surface area contributed by atoms with Crippen LogP contribution in [0.2, 0.25) is 5.02 Å². The zero-order chi connectivity index (χ0) is 12.3. The highest BCUT2D eigenvalue weighted by Crippen LogP contribution is 2.46. The van der Waals surface area contributed by atoms with Crippen LogP contribution in [-0.4, -0.2) is 10.7 Å². The molecule has 16 heavy (non-hydrogen) atoms. The molecule has 0 aromatic heterocycles. The van der Waals surface area contributed by atoms with Crippen molar-refractivity contribution in [1.29, 1.82) is 0 Å². The highest BCUT2D eigenvalue weighted by Gasteiger charge is 2.24. The molecule has 1 unspecified atom stereocenters. The first-order valence-corrected chi connectivity index (χ1v) is 6.17. The number of carbonyl (C=O) groups excluding carboxylic acids is 1. The van der Waals surface area contributed by atoms with Gasteiger partial charge in [-0.2, -0.15) is 4.08 Å². The Morgan fingerprint density at radius 2 is 2.12 bits per heavy atom. The molecule has 1 rings (SSSR count). The Balaban J connectivity index is 3.00. The van der Waals surface area contributed by atoms with E-state index in [0.717, 1.165) is 0 Å². The lowest BCUT2D eigenvalue weighted by molar-refractivity contribution is 0.101. The van der Waals surface area contributed by atoms with Crippen molar-refractivity contribution in [3.05, 3.63) is 28.8 Å². The monoisotopic (exact) mass is 284 g/mol. The number of Topliss-reactive ketones (excluding diaryl/α,β-unsaturated/α-hetero) is 1. The number of carbonyl (C=O) groups is 1. The summed E-state index contributed by atoms with van der Waals surface area (Å²) in [5.74, 6) is -0.285. The molecule has 0 saturated carbocycles. The van der Waals surface area contributed by atoms with Gasteiger partial charge in [-0.25, -0.2) is 4.57 Å². The van der Waals surface area contributed by atoms with Crippen LogP contribution in [0.1, 0.15) is 17.3 Å². The first-order valence-electron chi connectivity index (χ1n) is 3.99. The minimum absolute atomic E-state index is 0.00990. The molecule has 0 aliphatic rings. The van der Waals surface area contributed by atoms with E-state index in [1.165, 1.54) is 25.1 Å². The standard InChI is InChI=1S/C8H7Cl2O5P/c1-5(11)6-2-3-8(7(9)4-6)14-16(12,13)15-10/h2-4H,1H3,(H,12,13). The van der Waals surface area contributed by atoms with Crippen molar-refractivity contribution in [3.8, 4) is 5.75 Å². The molecule has 0 aliphatic heterocycles. The fraction of sp³-hybridized carbons (Fsp3) is 0.125. The Morgan fingerprint density at radius 3 is 2.56 bits per heavy atom. The number of hydrogen-bond acceptors (Lipinski definition) is 4. The summed E-state index contributed by atoms with van der Waals surface area (Å²) in [6.45, 7) is 1.37. The highest BCUT2D eigenvalue weighted by molar-refractivity contribution is 7.48. The Hall–Kier alpha value is -0.580. The van der Waals surface area contributed by atoms with Crippen molar-refractivity contribution < 1.29 is 22.9 Å². The van der Waals surface area contributed by atoms with Crippen molar-refractivity contribution in [1.82, 2.24) is 0 Å². The van der Waals surface area contributed by atoms with Gasteiger partial charge in [0.2, 0.25) is 0 Å². The second-order valence-electron chi connectivity index (χ2n) is 2.83. The molecule has 8 heteroatoms. The average Bonchev–Trinajstić information content (AvgIpc) is 2.20. The maximum atomic E-state index is 11.0. The second kappa shape index (κ2) is 5.17. The minimum atomic E-state index is -4.37. The Labute approximate surface area is 102 Å².